The summed E-state index contributed by atoms with van der Waals surface area (Å²) in [5.74, 6) is 0.900. The molecule has 1 aromatic carbocycles. The number of aliphatic imine (C=N–C) groups is 1. The first-order chi connectivity index (χ1) is 7.38. The first-order valence-electron chi connectivity index (χ1n) is 4.78. The molecule has 1 aromatic rings. The Morgan fingerprint density at radius 3 is 2.69 bits per heavy atom. The first kappa shape index (κ1) is 13.1. The number of nitriles is 1. The van der Waals surface area contributed by atoms with E-state index >= 15 is 0 Å². The van der Waals surface area contributed by atoms with E-state index in [1.54, 1.807) is 11.8 Å². The number of halogens is 1. The standard InChI is InChI=1S/C11H11N3S.BrH/c12-7-9-1-3-10(4-2-9)8-15-11-13-5-6-14-11;/h1-4H,5-6,8H2,(H,13,14);1H/p-1. The molecule has 0 saturated carbocycles. The zero-order valence-corrected chi connectivity index (χ0v) is 11.0. The molecule has 84 valence electrons. The lowest BCUT2D eigenvalue weighted by Gasteiger charge is -2.02. The van der Waals surface area contributed by atoms with E-state index in [1.165, 1.54) is 5.56 Å². The molecule has 0 aromatic heterocycles. The lowest BCUT2D eigenvalue weighted by atomic mass is 10.2. The molecule has 0 spiro atoms. The van der Waals surface area contributed by atoms with E-state index in [0.29, 0.717) is 5.56 Å². The van der Waals surface area contributed by atoms with Crippen LogP contribution in [0.2, 0.25) is 0 Å². The Morgan fingerprint density at radius 1 is 1.38 bits per heavy atom. The van der Waals surface area contributed by atoms with E-state index in [2.05, 4.69) is 16.4 Å². The molecule has 0 atom stereocenters. The Bertz CT molecular complexity index is 408. The van der Waals surface area contributed by atoms with Crippen molar-refractivity contribution in [1.29, 1.82) is 5.26 Å². The average molecular weight is 297 g/mol. The van der Waals surface area contributed by atoms with Gasteiger partial charge in [-0.05, 0) is 17.7 Å². The van der Waals surface area contributed by atoms with Crippen molar-refractivity contribution in [3.63, 3.8) is 0 Å². The van der Waals surface area contributed by atoms with Gasteiger partial charge in [-0.15, -0.1) is 0 Å². The minimum atomic E-state index is 0. The predicted molar refractivity (Wildman–Crippen MR) is 62.8 cm³/mol. The maximum Gasteiger partial charge on any atom is 0.157 e. The quantitative estimate of drug-likeness (QED) is 0.742. The molecule has 1 N–H and O–H groups in total. The number of rotatable bonds is 2. The Morgan fingerprint density at radius 2 is 2.12 bits per heavy atom. The van der Waals surface area contributed by atoms with Gasteiger partial charge in [-0.1, -0.05) is 23.9 Å². The summed E-state index contributed by atoms with van der Waals surface area (Å²) < 4.78 is 0. The van der Waals surface area contributed by atoms with Crippen molar-refractivity contribution in [2.45, 2.75) is 5.75 Å². The number of hydrogen-bond donors (Lipinski definition) is 1. The fraction of sp³-hybridized carbons (Fsp3) is 0.273. The third kappa shape index (κ3) is 3.54. The smallest absolute Gasteiger partial charge is 0.157 e. The van der Waals surface area contributed by atoms with Gasteiger partial charge in [0.1, 0.15) is 0 Å². The Kier molecular flexibility index (Phi) is 5.36. The highest BCUT2D eigenvalue weighted by molar-refractivity contribution is 8.13. The molecule has 0 aliphatic carbocycles. The molecule has 3 nitrogen and oxygen atoms in total. The van der Waals surface area contributed by atoms with Gasteiger partial charge in [-0.3, -0.25) is 4.99 Å². The van der Waals surface area contributed by atoms with E-state index < -0.39 is 0 Å². The Labute approximate surface area is 110 Å². The SMILES string of the molecule is N#Cc1ccc(CSC2=NCCN2)cc1.[Br-]. The lowest BCUT2D eigenvalue weighted by molar-refractivity contribution is -0.00000327. The number of amidine groups is 1. The van der Waals surface area contributed by atoms with Gasteiger partial charge in [0.05, 0.1) is 18.2 Å². The third-order valence-electron chi connectivity index (χ3n) is 2.10. The molecule has 1 heterocycles. The van der Waals surface area contributed by atoms with Gasteiger partial charge in [-0.2, -0.15) is 5.26 Å². The summed E-state index contributed by atoms with van der Waals surface area (Å²) in [5, 5.41) is 12.9. The van der Waals surface area contributed by atoms with E-state index in [9.17, 15) is 0 Å². The summed E-state index contributed by atoms with van der Waals surface area (Å²) in [4.78, 5) is 4.30. The van der Waals surface area contributed by atoms with Gasteiger partial charge in [0.25, 0.3) is 0 Å². The summed E-state index contributed by atoms with van der Waals surface area (Å²) in [7, 11) is 0. The highest BCUT2D eigenvalue weighted by Gasteiger charge is 2.05. The lowest BCUT2D eigenvalue weighted by Crippen LogP contribution is -3.00. The largest absolute Gasteiger partial charge is 1.00 e. The van der Waals surface area contributed by atoms with Crippen LogP contribution in [-0.4, -0.2) is 18.3 Å². The molecular weight excluding hydrogens is 286 g/mol. The van der Waals surface area contributed by atoms with Gasteiger partial charge >= 0.3 is 0 Å². The van der Waals surface area contributed by atoms with Crippen LogP contribution in [0, 0.1) is 11.3 Å². The van der Waals surface area contributed by atoms with Gasteiger partial charge in [0, 0.05) is 12.3 Å². The van der Waals surface area contributed by atoms with Crippen LogP contribution < -0.4 is 22.3 Å². The average Bonchev–Trinajstić information content (AvgIpc) is 2.80. The second-order valence-corrected chi connectivity index (χ2v) is 4.18. The summed E-state index contributed by atoms with van der Waals surface area (Å²) in [6.45, 7) is 1.84. The molecule has 2 rings (SSSR count). The van der Waals surface area contributed by atoms with Crippen molar-refractivity contribution in [3.05, 3.63) is 35.4 Å². The van der Waals surface area contributed by atoms with Crippen LogP contribution in [0.25, 0.3) is 0 Å². The van der Waals surface area contributed by atoms with Crippen LogP contribution >= 0.6 is 11.8 Å². The minimum Gasteiger partial charge on any atom is -1.00 e. The Balaban J connectivity index is 0.00000128. The number of thioether (sulfide) groups is 1. The van der Waals surface area contributed by atoms with Gasteiger partial charge < -0.3 is 22.3 Å². The van der Waals surface area contributed by atoms with E-state index in [4.69, 9.17) is 5.26 Å². The molecule has 0 fully saturated rings. The highest BCUT2D eigenvalue weighted by Crippen LogP contribution is 2.14. The number of nitrogens with one attached hydrogen (secondary N) is 1. The van der Waals surface area contributed by atoms with Gasteiger partial charge in [0.15, 0.2) is 5.17 Å². The number of hydrogen-bond acceptors (Lipinski definition) is 4. The molecule has 0 radical (unpaired) electrons. The van der Waals surface area contributed by atoms with Crippen LogP contribution in [0.5, 0.6) is 0 Å². The van der Waals surface area contributed by atoms with Gasteiger partial charge in [0.2, 0.25) is 0 Å². The van der Waals surface area contributed by atoms with Crippen molar-refractivity contribution < 1.29 is 17.0 Å². The van der Waals surface area contributed by atoms with Crippen LogP contribution in [0.3, 0.4) is 0 Å². The van der Waals surface area contributed by atoms with E-state index in [1.807, 2.05) is 24.3 Å². The maximum absolute atomic E-state index is 8.65. The Hall–Kier alpha value is -0.990. The second-order valence-electron chi connectivity index (χ2n) is 3.21. The second kappa shape index (κ2) is 6.56. The number of nitrogens with zero attached hydrogens (tertiary/aromatic N) is 2. The summed E-state index contributed by atoms with van der Waals surface area (Å²) >= 11 is 1.71. The van der Waals surface area contributed by atoms with Crippen molar-refractivity contribution >= 4 is 16.9 Å². The number of benzene rings is 1. The molecular formula is C11H11BrN3S-. The zero-order valence-electron chi connectivity index (χ0n) is 8.61. The third-order valence-corrected chi connectivity index (χ3v) is 3.13. The molecule has 16 heavy (non-hydrogen) atoms. The van der Waals surface area contributed by atoms with Crippen LogP contribution in [0.15, 0.2) is 29.3 Å². The van der Waals surface area contributed by atoms with Crippen molar-refractivity contribution in [2.24, 2.45) is 4.99 Å². The topological polar surface area (TPSA) is 48.2 Å². The van der Waals surface area contributed by atoms with Gasteiger partial charge in [-0.25, -0.2) is 0 Å². The fourth-order valence-electron chi connectivity index (χ4n) is 1.30. The summed E-state index contributed by atoms with van der Waals surface area (Å²) in [6.07, 6.45) is 0. The zero-order chi connectivity index (χ0) is 10.5. The molecule has 1 aliphatic rings. The molecule has 0 unspecified atom stereocenters. The normalized spacial score (nSPS) is 13.3. The fourth-order valence-corrected chi connectivity index (χ4v) is 2.18. The minimum absolute atomic E-state index is 0. The van der Waals surface area contributed by atoms with Crippen molar-refractivity contribution in [3.8, 4) is 6.07 Å². The maximum atomic E-state index is 8.65. The summed E-state index contributed by atoms with van der Waals surface area (Å²) in [6, 6.07) is 9.78. The summed E-state index contributed by atoms with van der Waals surface area (Å²) in [5.41, 5.74) is 1.93. The van der Waals surface area contributed by atoms with Crippen molar-refractivity contribution in [1.82, 2.24) is 5.32 Å². The molecule has 0 saturated heterocycles. The van der Waals surface area contributed by atoms with Crippen LogP contribution in [0.4, 0.5) is 0 Å². The van der Waals surface area contributed by atoms with Crippen molar-refractivity contribution in [2.75, 3.05) is 13.1 Å². The highest BCUT2D eigenvalue weighted by atomic mass is 79.9. The molecule has 0 bridgehead atoms. The van der Waals surface area contributed by atoms with E-state index in [-0.39, 0.29) is 17.0 Å². The molecule has 1 aliphatic heterocycles. The van der Waals surface area contributed by atoms with Crippen LogP contribution in [-0.2, 0) is 5.75 Å². The van der Waals surface area contributed by atoms with Crippen LogP contribution in [0.1, 0.15) is 11.1 Å². The monoisotopic (exact) mass is 296 g/mol. The molecule has 0 amide bonds. The predicted octanol–water partition coefficient (Wildman–Crippen LogP) is -1.25. The first-order valence-corrected chi connectivity index (χ1v) is 5.77. The molecule has 5 heteroatoms. The van der Waals surface area contributed by atoms with E-state index in [0.717, 1.165) is 24.0 Å².